The molecule has 0 aromatic rings. The molecule has 0 aromatic heterocycles. The van der Waals surface area contributed by atoms with Crippen LogP contribution in [0, 0.1) is 0 Å². The van der Waals surface area contributed by atoms with Gasteiger partial charge in [0.2, 0.25) is 0 Å². The molecule has 1 rings (SSSR count). The van der Waals surface area contributed by atoms with Crippen LogP contribution in [0.5, 0.6) is 0 Å². The lowest BCUT2D eigenvalue weighted by Crippen LogP contribution is -2.37. The largest absolute Gasteiger partial charge is 0.313 e. The summed E-state index contributed by atoms with van der Waals surface area (Å²) in [4.78, 5) is 0. The Morgan fingerprint density at radius 3 is 2.82 bits per heavy atom. The number of hydrogen-bond donors (Lipinski definition) is 1. The molecule has 2 heteroatoms. The predicted molar refractivity (Wildman–Crippen MR) is 58.3 cm³/mol. The SMILES string of the molecule is CCCNC1CC=CCC1I. The van der Waals surface area contributed by atoms with Gasteiger partial charge in [-0.1, -0.05) is 41.7 Å². The molecule has 0 aromatic carbocycles. The Hall–Kier alpha value is 0.430. The zero-order valence-electron chi connectivity index (χ0n) is 7.02. The van der Waals surface area contributed by atoms with Gasteiger partial charge >= 0.3 is 0 Å². The van der Waals surface area contributed by atoms with E-state index in [0.29, 0.717) is 0 Å². The van der Waals surface area contributed by atoms with Crippen LogP contribution in [0.3, 0.4) is 0 Å². The van der Waals surface area contributed by atoms with Crippen LogP contribution < -0.4 is 5.32 Å². The number of halogens is 1. The standard InChI is InChI=1S/C9H16IN/c1-2-7-11-9-6-4-3-5-8(9)10/h3-4,8-9,11H,2,5-7H2,1H3. The van der Waals surface area contributed by atoms with Crippen LogP contribution in [0.1, 0.15) is 26.2 Å². The molecule has 0 radical (unpaired) electrons. The fraction of sp³-hybridized carbons (Fsp3) is 0.778. The van der Waals surface area contributed by atoms with Gasteiger partial charge in [-0.15, -0.1) is 0 Å². The van der Waals surface area contributed by atoms with Crippen molar-refractivity contribution >= 4 is 22.6 Å². The molecule has 2 atom stereocenters. The number of alkyl halides is 1. The van der Waals surface area contributed by atoms with Crippen molar-refractivity contribution in [3.05, 3.63) is 12.2 Å². The van der Waals surface area contributed by atoms with E-state index in [1.807, 2.05) is 0 Å². The van der Waals surface area contributed by atoms with Crippen molar-refractivity contribution in [2.45, 2.75) is 36.2 Å². The molecule has 0 bridgehead atoms. The van der Waals surface area contributed by atoms with E-state index in [9.17, 15) is 0 Å². The molecule has 0 heterocycles. The van der Waals surface area contributed by atoms with Gasteiger partial charge in [-0.2, -0.15) is 0 Å². The topological polar surface area (TPSA) is 12.0 Å². The van der Waals surface area contributed by atoms with Crippen molar-refractivity contribution in [3.63, 3.8) is 0 Å². The summed E-state index contributed by atoms with van der Waals surface area (Å²) >= 11 is 2.54. The third-order valence-electron chi connectivity index (χ3n) is 2.01. The highest BCUT2D eigenvalue weighted by Crippen LogP contribution is 2.19. The van der Waals surface area contributed by atoms with Gasteiger partial charge in [0.25, 0.3) is 0 Å². The third kappa shape index (κ3) is 3.11. The number of nitrogens with one attached hydrogen (secondary N) is 1. The second kappa shape index (κ2) is 5.14. The molecule has 1 aliphatic carbocycles. The molecule has 1 N–H and O–H groups in total. The molecule has 0 amide bonds. The van der Waals surface area contributed by atoms with Crippen molar-refractivity contribution in [2.24, 2.45) is 0 Å². The Labute approximate surface area is 82.8 Å². The molecule has 2 unspecified atom stereocenters. The van der Waals surface area contributed by atoms with E-state index in [0.717, 1.165) is 16.5 Å². The maximum atomic E-state index is 3.56. The van der Waals surface area contributed by atoms with Crippen LogP contribution in [0.15, 0.2) is 12.2 Å². The van der Waals surface area contributed by atoms with Crippen LogP contribution in [0.2, 0.25) is 0 Å². The van der Waals surface area contributed by atoms with Crippen molar-refractivity contribution in [2.75, 3.05) is 6.54 Å². The predicted octanol–water partition coefficient (Wildman–Crippen LogP) is 2.51. The zero-order valence-corrected chi connectivity index (χ0v) is 9.17. The van der Waals surface area contributed by atoms with E-state index in [1.165, 1.54) is 19.3 Å². The van der Waals surface area contributed by atoms with E-state index >= 15 is 0 Å². The lowest BCUT2D eigenvalue weighted by molar-refractivity contribution is 0.496. The zero-order chi connectivity index (χ0) is 8.10. The van der Waals surface area contributed by atoms with Crippen molar-refractivity contribution in [1.82, 2.24) is 5.32 Å². The lowest BCUT2D eigenvalue weighted by Gasteiger charge is -2.24. The molecule has 0 spiro atoms. The van der Waals surface area contributed by atoms with E-state index < -0.39 is 0 Å². The molecule has 0 saturated carbocycles. The fourth-order valence-corrected chi connectivity index (χ4v) is 2.16. The first kappa shape index (κ1) is 9.52. The minimum absolute atomic E-state index is 0.723. The average Bonchev–Trinajstić information content (AvgIpc) is 2.03. The van der Waals surface area contributed by atoms with E-state index in [4.69, 9.17) is 0 Å². The number of rotatable bonds is 3. The van der Waals surface area contributed by atoms with Gasteiger partial charge < -0.3 is 5.32 Å². The Morgan fingerprint density at radius 2 is 2.18 bits per heavy atom. The van der Waals surface area contributed by atoms with Crippen LogP contribution in [-0.4, -0.2) is 16.5 Å². The second-order valence-corrected chi connectivity index (χ2v) is 4.62. The maximum Gasteiger partial charge on any atom is 0.0301 e. The maximum absolute atomic E-state index is 3.56. The molecule has 64 valence electrons. The molecular weight excluding hydrogens is 249 g/mol. The summed E-state index contributed by atoms with van der Waals surface area (Å²) in [6.07, 6.45) is 8.28. The van der Waals surface area contributed by atoms with Gasteiger partial charge in [0, 0.05) is 9.97 Å². The molecule has 1 aliphatic rings. The number of hydrogen-bond acceptors (Lipinski definition) is 1. The molecule has 0 saturated heterocycles. The second-order valence-electron chi connectivity index (χ2n) is 3.02. The molecular formula is C9H16IN. The Balaban J connectivity index is 2.26. The van der Waals surface area contributed by atoms with E-state index in [2.05, 4.69) is 47.0 Å². The highest BCUT2D eigenvalue weighted by Gasteiger charge is 2.17. The van der Waals surface area contributed by atoms with E-state index in [-0.39, 0.29) is 0 Å². The lowest BCUT2D eigenvalue weighted by atomic mass is 10.0. The van der Waals surface area contributed by atoms with Gasteiger partial charge in [-0.3, -0.25) is 0 Å². The Kier molecular flexibility index (Phi) is 4.45. The fourth-order valence-electron chi connectivity index (χ4n) is 1.32. The molecule has 1 nitrogen and oxygen atoms in total. The Morgan fingerprint density at radius 1 is 1.45 bits per heavy atom. The monoisotopic (exact) mass is 265 g/mol. The smallest absolute Gasteiger partial charge is 0.0301 e. The summed E-state index contributed by atoms with van der Waals surface area (Å²) in [5, 5.41) is 3.56. The van der Waals surface area contributed by atoms with Gasteiger partial charge in [-0.25, -0.2) is 0 Å². The van der Waals surface area contributed by atoms with Gasteiger partial charge in [-0.05, 0) is 25.8 Å². The summed E-state index contributed by atoms with van der Waals surface area (Å²) in [5.74, 6) is 0. The van der Waals surface area contributed by atoms with Gasteiger partial charge in [0.05, 0.1) is 0 Å². The molecule has 0 aliphatic heterocycles. The molecule has 11 heavy (non-hydrogen) atoms. The summed E-state index contributed by atoms with van der Waals surface area (Å²) in [6.45, 7) is 3.38. The first-order chi connectivity index (χ1) is 5.34. The first-order valence-electron chi connectivity index (χ1n) is 4.37. The summed E-state index contributed by atoms with van der Waals surface area (Å²) in [5.41, 5.74) is 0. The van der Waals surface area contributed by atoms with Crippen LogP contribution in [-0.2, 0) is 0 Å². The van der Waals surface area contributed by atoms with Crippen LogP contribution in [0.25, 0.3) is 0 Å². The number of allylic oxidation sites excluding steroid dienone is 1. The van der Waals surface area contributed by atoms with Crippen molar-refractivity contribution in [1.29, 1.82) is 0 Å². The van der Waals surface area contributed by atoms with Crippen molar-refractivity contribution in [3.8, 4) is 0 Å². The molecule has 0 fully saturated rings. The average molecular weight is 265 g/mol. The highest BCUT2D eigenvalue weighted by molar-refractivity contribution is 14.1. The van der Waals surface area contributed by atoms with Crippen LogP contribution >= 0.6 is 22.6 Å². The quantitative estimate of drug-likeness (QED) is 0.469. The highest BCUT2D eigenvalue weighted by atomic mass is 127. The minimum Gasteiger partial charge on any atom is -0.313 e. The summed E-state index contributed by atoms with van der Waals surface area (Å²) in [7, 11) is 0. The summed E-state index contributed by atoms with van der Waals surface area (Å²) < 4.78 is 0.796. The van der Waals surface area contributed by atoms with Crippen molar-refractivity contribution < 1.29 is 0 Å². The third-order valence-corrected chi connectivity index (χ3v) is 3.39. The van der Waals surface area contributed by atoms with Gasteiger partial charge in [0.15, 0.2) is 0 Å². The van der Waals surface area contributed by atoms with Gasteiger partial charge in [0.1, 0.15) is 0 Å². The Bertz CT molecular complexity index is 134. The van der Waals surface area contributed by atoms with E-state index in [1.54, 1.807) is 0 Å². The first-order valence-corrected chi connectivity index (χ1v) is 5.61. The van der Waals surface area contributed by atoms with Crippen LogP contribution in [0.4, 0.5) is 0 Å². The normalized spacial score (nSPS) is 30.7. The summed E-state index contributed by atoms with van der Waals surface area (Å²) in [6, 6.07) is 0.723. The minimum atomic E-state index is 0.723.